The van der Waals surface area contributed by atoms with Crippen molar-refractivity contribution in [1.82, 2.24) is 15.5 Å². The topological polar surface area (TPSA) is 68.6 Å². The summed E-state index contributed by atoms with van der Waals surface area (Å²) in [5.74, 6) is 1.49. The van der Waals surface area contributed by atoms with Crippen LogP contribution in [0.25, 0.3) is 0 Å². The molecule has 0 aliphatic carbocycles. The smallest absolute Gasteiger partial charge is 0.250 e. The number of nitrogens with zero attached hydrogens (tertiary/aromatic N) is 3. The number of ether oxygens (including phenoxy) is 1. The third-order valence-corrected chi connectivity index (χ3v) is 5.13. The Labute approximate surface area is 180 Å². The molecule has 3 aromatic rings. The van der Waals surface area contributed by atoms with Gasteiger partial charge in [-0.25, -0.2) is 0 Å². The van der Waals surface area contributed by atoms with E-state index in [1.807, 2.05) is 25.1 Å². The van der Waals surface area contributed by atoms with E-state index in [0.29, 0.717) is 34.7 Å². The lowest BCUT2D eigenvalue weighted by Crippen LogP contribution is -2.43. The molecule has 2 heterocycles. The molecule has 0 radical (unpaired) electrons. The van der Waals surface area contributed by atoms with Gasteiger partial charge in [-0.1, -0.05) is 46.6 Å². The molecular weight excluding hydrogens is 400 g/mol. The van der Waals surface area contributed by atoms with Gasteiger partial charge >= 0.3 is 0 Å². The van der Waals surface area contributed by atoms with Crippen LogP contribution in [0.2, 0.25) is 5.02 Å². The van der Waals surface area contributed by atoms with Crippen molar-refractivity contribution in [2.24, 2.45) is 5.16 Å². The molecule has 0 spiro atoms. The van der Waals surface area contributed by atoms with Gasteiger partial charge in [0.25, 0.3) is 0 Å². The summed E-state index contributed by atoms with van der Waals surface area (Å²) in [7, 11) is 0. The fourth-order valence-electron chi connectivity index (χ4n) is 3.34. The normalized spacial score (nSPS) is 15.7. The van der Waals surface area contributed by atoms with E-state index in [0.717, 1.165) is 12.1 Å². The molecule has 1 N–H and O–H groups in total. The van der Waals surface area contributed by atoms with Crippen molar-refractivity contribution in [3.05, 3.63) is 81.5 Å². The Morgan fingerprint density at radius 3 is 2.80 bits per heavy atom. The molecule has 0 saturated carbocycles. The van der Waals surface area contributed by atoms with Crippen LogP contribution < -0.4 is 10.1 Å². The second-order valence-corrected chi connectivity index (χ2v) is 7.91. The summed E-state index contributed by atoms with van der Waals surface area (Å²) in [6.45, 7) is 6.59. The highest BCUT2D eigenvalue weighted by Crippen LogP contribution is 2.26. The highest BCUT2D eigenvalue weighted by Gasteiger charge is 2.23. The number of halogens is 1. The Bertz CT molecular complexity index is 1100. The quantitative estimate of drug-likeness (QED) is 0.643. The number of nitrogens with one attached hydrogen (secondary N) is 1. The predicted molar refractivity (Wildman–Crippen MR) is 117 cm³/mol. The first-order chi connectivity index (χ1) is 14.5. The van der Waals surface area contributed by atoms with E-state index < -0.39 is 0 Å². The van der Waals surface area contributed by atoms with Crippen LogP contribution in [0.15, 0.2) is 53.7 Å². The summed E-state index contributed by atoms with van der Waals surface area (Å²) in [5, 5.41) is 16.6. The molecular formula is C23H23ClN4O2. The Morgan fingerprint density at radius 1 is 1.10 bits per heavy atom. The van der Waals surface area contributed by atoms with Crippen molar-refractivity contribution >= 4 is 17.4 Å². The molecule has 1 aliphatic rings. The van der Waals surface area contributed by atoms with E-state index >= 15 is 0 Å². The number of amidine groups is 1. The number of aromatic nitrogens is 2. The van der Waals surface area contributed by atoms with Crippen LogP contribution in [-0.2, 0) is 11.3 Å². The highest BCUT2D eigenvalue weighted by atomic mass is 35.5. The van der Waals surface area contributed by atoms with Crippen LogP contribution in [0.5, 0.6) is 11.6 Å². The third-order valence-electron chi connectivity index (χ3n) is 4.89. The molecule has 0 amide bonds. The van der Waals surface area contributed by atoms with E-state index in [-0.39, 0.29) is 6.04 Å². The number of benzene rings is 2. The molecule has 2 aromatic carbocycles. The van der Waals surface area contributed by atoms with Gasteiger partial charge in [-0.05, 0) is 62.6 Å². The number of aryl methyl sites for hydroxylation is 3. The summed E-state index contributed by atoms with van der Waals surface area (Å²) in [6.07, 6.45) is 0.828. The first-order valence-corrected chi connectivity index (χ1v) is 10.2. The molecule has 1 atom stereocenters. The summed E-state index contributed by atoms with van der Waals surface area (Å²) in [5.41, 5.74) is 5.24. The van der Waals surface area contributed by atoms with Crippen LogP contribution >= 0.6 is 11.6 Å². The van der Waals surface area contributed by atoms with Crippen LogP contribution in [0.1, 0.15) is 27.9 Å². The molecule has 6 nitrogen and oxygen atoms in total. The van der Waals surface area contributed by atoms with Crippen molar-refractivity contribution in [2.45, 2.75) is 33.2 Å². The standard InChI is InChI=1S/C23H23ClN4O2/c1-14-7-8-15(2)17(9-14)11-19-13-29-28-22(25-19)21-10-16(3)26-27-23(21)30-20-6-4-5-18(24)12-20/h4-10,12,19H,11,13H2,1-3H3,(H,25,28)/t19-/m1/s1. The molecule has 0 unspecified atom stereocenters. The van der Waals surface area contributed by atoms with Crippen molar-refractivity contribution in [1.29, 1.82) is 0 Å². The first kappa shape index (κ1) is 20.2. The van der Waals surface area contributed by atoms with Crippen LogP contribution in [0.4, 0.5) is 0 Å². The van der Waals surface area contributed by atoms with Crippen LogP contribution in [-0.4, -0.2) is 28.7 Å². The Balaban J connectivity index is 1.58. The summed E-state index contributed by atoms with van der Waals surface area (Å²) >= 11 is 6.07. The lowest BCUT2D eigenvalue weighted by Gasteiger charge is -2.25. The Kier molecular flexibility index (Phi) is 5.86. The van der Waals surface area contributed by atoms with Gasteiger partial charge in [0.1, 0.15) is 12.4 Å². The van der Waals surface area contributed by atoms with Gasteiger partial charge < -0.3 is 14.9 Å². The molecule has 7 heteroatoms. The lowest BCUT2D eigenvalue weighted by molar-refractivity contribution is 0.109. The first-order valence-electron chi connectivity index (χ1n) is 9.78. The molecule has 30 heavy (non-hydrogen) atoms. The monoisotopic (exact) mass is 422 g/mol. The van der Waals surface area contributed by atoms with Gasteiger partial charge in [-0.3, -0.25) is 0 Å². The zero-order chi connectivity index (χ0) is 21.1. The van der Waals surface area contributed by atoms with E-state index in [1.165, 1.54) is 16.7 Å². The second kappa shape index (κ2) is 8.71. The minimum atomic E-state index is 0.0745. The minimum Gasteiger partial charge on any atom is -0.437 e. The van der Waals surface area contributed by atoms with Crippen molar-refractivity contribution in [3.63, 3.8) is 0 Å². The van der Waals surface area contributed by atoms with Gasteiger partial charge in [0.2, 0.25) is 5.88 Å². The number of oxime groups is 1. The van der Waals surface area contributed by atoms with Gasteiger partial charge in [0.05, 0.1) is 17.3 Å². The zero-order valence-corrected chi connectivity index (χ0v) is 17.9. The van der Waals surface area contributed by atoms with Gasteiger partial charge in [0, 0.05) is 5.02 Å². The van der Waals surface area contributed by atoms with Gasteiger partial charge in [-0.15, -0.1) is 5.10 Å². The number of hydrogen-bond donors (Lipinski definition) is 1. The van der Waals surface area contributed by atoms with Gasteiger partial charge in [0.15, 0.2) is 5.84 Å². The minimum absolute atomic E-state index is 0.0745. The predicted octanol–water partition coefficient (Wildman–Crippen LogP) is 4.74. The number of rotatable bonds is 5. The molecule has 1 aromatic heterocycles. The average molecular weight is 423 g/mol. The summed E-state index contributed by atoms with van der Waals surface area (Å²) < 4.78 is 5.95. The SMILES string of the molecule is Cc1ccc(C)c(C[C@@H]2CON=C(c3cc(C)nnc3Oc3cccc(Cl)c3)N2)c1. The maximum absolute atomic E-state index is 6.07. The maximum atomic E-state index is 6.07. The molecule has 0 bridgehead atoms. The van der Waals surface area contributed by atoms with E-state index in [2.05, 4.69) is 52.7 Å². The number of hydrogen-bond acceptors (Lipinski definition) is 6. The molecule has 154 valence electrons. The average Bonchev–Trinajstić information content (AvgIpc) is 2.72. The van der Waals surface area contributed by atoms with E-state index in [9.17, 15) is 0 Å². The second-order valence-electron chi connectivity index (χ2n) is 7.47. The van der Waals surface area contributed by atoms with Crippen LogP contribution in [0.3, 0.4) is 0 Å². The fourth-order valence-corrected chi connectivity index (χ4v) is 3.52. The van der Waals surface area contributed by atoms with E-state index in [1.54, 1.807) is 12.1 Å². The summed E-state index contributed by atoms with van der Waals surface area (Å²) in [6, 6.07) is 15.6. The Hall–Kier alpha value is -3.12. The fraction of sp³-hybridized carbons (Fsp3) is 0.261. The maximum Gasteiger partial charge on any atom is 0.250 e. The lowest BCUT2D eigenvalue weighted by atomic mass is 9.99. The largest absolute Gasteiger partial charge is 0.437 e. The van der Waals surface area contributed by atoms with Crippen LogP contribution in [0, 0.1) is 20.8 Å². The molecule has 1 aliphatic heterocycles. The van der Waals surface area contributed by atoms with Crippen molar-refractivity contribution in [2.75, 3.05) is 6.61 Å². The zero-order valence-electron chi connectivity index (χ0n) is 17.1. The van der Waals surface area contributed by atoms with Gasteiger partial charge in [-0.2, -0.15) is 5.10 Å². The molecule has 0 fully saturated rings. The van der Waals surface area contributed by atoms with Crippen molar-refractivity contribution in [3.8, 4) is 11.6 Å². The summed E-state index contributed by atoms with van der Waals surface area (Å²) in [4.78, 5) is 5.56. The molecule has 0 saturated heterocycles. The van der Waals surface area contributed by atoms with Crippen molar-refractivity contribution < 1.29 is 9.57 Å². The third kappa shape index (κ3) is 4.71. The Morgan fingerprint density at radius 2 is 1.97 bits per heavy atom. The highest BCUT2D eigenvalue weighted by molar-refractivity contribution is 6.30. The van der Waals surface area contributed by atoms with E-state index in [4.69, 9.17) is 21.2 Å². The molecule has 4 rings (SSSR count).